The maximum atomic E-state index is 12.8. The molecule has 0 spiro atoms. The van der Waals surface area contributed by atoms with Crippen LogP contribution in [0.1, 0.15) is 47.0 Å². The van der Waals surface area contributed by atoms with Crippen molar-refractivity contribution in [3.63, 3.8) is 0 Å². The van der Waals surface area contributed by atoms with Crippen LogP contribution in [0.4, 0.5) is 5.82 Å². The number of carbonyl (C=O) groups is 1. The number of fused-ring (bicyclic) bond motifs is 1. The molecule has 0 aliphatic carbocycles. The smallest absolute Gasteiger partial charge is 0.232 e. The molecule has 2 aliphatic rings. The van der Waals surface area contributed by atoms with E-state index < -0.39 is 0 Å². The van der Waals surface area contributed by atoms with E-state index in [4.69, 9.17) is 9.97 Å². The molecule has 0 N–H and O–H groups in total. The van der Waals surface area contributed by atoms with Gasteiger partial charge in [0.25, 0.3) is 0 Å². The summed E-state index contributed by atoms with van der Waals surface area (Å²) in [7, 11) is 0. The average Bonchev–Trinajstić information content (AvgIpc) is 3.44. The number of rotatable bonds is 8. The molecule has 2 aromatic carbocycles. The zero-order chi connectivity index (χ0) is 22.6. The van der Waals surface area contributed by atoms with Gasteiger partial charge in [0.05, 0.1) is 6.42 Å². The summed E-state index contributed by atoms with van der Waals surface area (Å²) in [6.07, 6.45) is 4.48. The van der Waals surface area contributed by atoms with Crippen molar-refractivity contribution in [2.24, 2.45) is 0 Å². The third kappa shape index (κ3) is 4.98. The first kappa shape index (κ1) is 21.8. The zero-order valence-corrected chi connectivity index (χ0v) is 19.4. The Labute approximate surface area is 196 Å². The average molecular weight is 441 g/mol. The van der Waals surface area contributed by atoms with Crippen LogP contribution in [0.2, 0.25) is 0 Å². The van der Waals surface area contributed by atoms with Crippen molar-refractivity contribution in [3.05, 3.63) is 88.9 Å². The van der Waals surface area contributed by atoms with Crippen LogP contribution in [0.15, 0.2) is 60.7 Å². The second kappa shape index (κ2) is 9.84. The van der Waals surface area contributed by atoms with Gasteiger partial charge < -0.3 is 4.90 Å². The highest BCUT2D eigenvalue weighted by Gasteiger charge is 2.33. The Morgan fingerprint density at radius 3 is 2.33 bits per heavy atom. The summed E-state index contributed by atoms with van der Waals surface area (Å²) in [4.78, 5) is 27.0. The molecule has 1 fully saturated rings. The number of hydrogen-bond acceptors (Lipinski definition) is 4. The van der Waals surface area contributed by atoms with Crippen molar-refractivity contribution < 1.29 is 4.79 Å². The minimum Gasteiger partial charge on any atom is -0.302 e. The van der Waals surface area contributed by atoms with Crippen molar-refractivity contribution >= 4 is 11.7 Å². The standard InChI is InChI=1S/C28H32N4O/c1-21-25-19-26(33)32(16-8-13-22-9-4-2-5-10-22)28(25)30-27(29-21)24-15-18-31(20-24)17-14-23-11-6-3-7-12-23/h2-7,9-12,24H,8,13-20H2,1H3/t24-/m0/s1. The number of amides is 1. The lowest BCUT2D eigenvalue weighted by atomic mass is 10.1. The van der Waals surface area contributed by atoms with Crippen molar-refractivity contribution in [2.45, 2.75) is 44.9 Å². The maximum Gasteiger partial charge on any atom is 0.232 e. The van der Waals surface area contributed by atoms with E-state index in [2.05, 4.69) is 59.5 Å². The summed E-state index contributed by atoms with van der Waals surface area (Å²) in [5.41, 5.74) is 4.68. The van der Waals surface area contributed by atoms with Gasteiger partial charge in [-0.05, 0) is 50.3 Å². The number of anilines is 1. The minimum atomic E-state index is 0.156. The summed E-state index contributed by atoms with van der Waals surface area (Å²) in [6.45, 7) is 5.88. The van der Waals surface area contributed by atoms with Crippen LogP contribution in [-0.2, 0) is 24.1 Å². The lowest BCUT2D eigenvalue weighted by Crippen LogP contribution is -2.29. The number of aromatic nitrogens is 2. The first-order chi connectivity index (χ1) is 16.2. The van der Waals surface area contributed by atoms with Gasteiger partial charge in [0.1, 0.15) is 11.6 Å². The van der Waals surface area contributed by atoms with Crippen molar-refractivity contribution in [1.82, 2.24) is 14.9 Å². The Kier molecular flexibility index (Phi) is 6.49. The SMILES string of the molecule is Cc1nc([C@H]2CCN(CCc3ccccc3)C2)nc2c1CC(=O)N2CCCc1ccccc1. The first-order valence-electron chi connectivity index (χ1n) is 12.2. The molecule has 3 aromatic rings. The molecule has 0 bridgehead atoms. The number of likely N-dealkylation sites (tertiary alicyclic amines) is 1. The molecule has 1 aromatic heterocycles. The largest absolute Gasteiger partial charge is 0.302 e. The van der Waals surface area contributed by atoms with E-state index in [9.17, 15) is 4.79 Å². The number of nitrogens with zero attached hydrogens (tertiary/aromatic N) is 4. The molecule has 1 amide bonds. The monoisotopic (exact) mass is 440 g/mol. The molecule has 2 aliphatic heterocycles. The molecular formula is C28H32N4O. The van der Waals surface area contributed by atoms with Crippen LogP contribution in [0.5, 0.6) is 0 Å². The first-order valence-corrected chi connectivity index (χ1v) is 12.2. The lowest BCUT2D eigenvalue weighted by Gasteiger charge is -2.19. The van der Waals surface area contributed by atoms with Gasteiger partial charge in [-0.15, -0.1) is 0 Å². The van der Waals surface area contributed by atoms with Crippen LogP contribution in [-0.4, -0.2) is 47.0 Å². The molecule has 170 valence electrons. The van der Waals surface area contributed by atoms with Gasteiger partial charge in [-0.2, -0.15) is 0 Å². The van der Waals surface area contributed by atoms with Crippen LogP contribution >= 0.6 is 0 Å². The molecule has 0 radical (unpaired) electrons. The zero-order valence-electron chi connectivity index (χ0n) is 19.4. The van der Waals surface area contributed by atoms with Gasteiger partial charge in [0, 0.05) is 36.8 Å². The number of hydrogen-bond donors (Lipinski definition) is 0. The Morgan fingerprint density at radius 1 is 0.909 bits per heavy atom. The van der Waals surface area contributed by atoms with Crippen molar-refractivity contribution in [2.75, 3.05) is 31.1 Å². The molecule has 33 heavy (non-hydrogen) atoms. The number of aryl methyl sites for hydroxylation is 2. The van der Waals surface area contributed by atoms with Gasteiger partial charge >= 0.3 is 0 Å². The molecule has 0 saturated carbocycles. The Morgan fingerprint density at radius 2 is 1.61 bits per heavy atom. The normalized spacial score (nSPS) is 18.2. The predicted molar refractivity (Wildman–Crippen MR) is 132 cm³/mol. The number of carbonyl (C=O) groups excluding carboxylic acids is 1. The van der Waals surface area contributed by atoms with Gasteiger partial charge in [-0.3, -0.25) is 9.69 Å². The Hall–Kier alpha value is -3.05. The number of benzene rings is 2. The molecule has 3 heterocycles. The van der Waals surface area contributed by atoms with Gasteiger partial charge in [-0.1, -0.05) is 60.7 Å². The highest BCUT2D eigenvalue weighted by molar-refractivity contribution is 6.00. The quantitative estimate of drug-likeness (QED) is 0.523. The molecule has 5 nitrogen and oxygen atoms in total. The molecule has 1 atom stereocenters. The summed E-state index contributed by atoms with van der Waals surface area (Å²) < 4.78 is 0. The fraction of sp³-hybridized carbons (Fsp3) is 0.393. The van der Waals surface area contributed by atoms with Crippen LogP contribution < -0.4 is 4.90 Å². The third-order valence-corrected chi connectivity index (χ3v) is 6.98. The molecular weight excluding hydrogens is 408 g/mol. The minimum absolute atomic E-state index is 0.156. The van der Waals surface area contributed by atoms with Gasteiger partial charge in [0.2, 0.25) is 5.91 Å². The van der Waals surface area contributed by atoms with Gasteiger partial charge in [-0.25, -0.2) is 9.97 Å². The fourth-order valence-corrected chi connectivity index (χ4v) is 5.07. The van der Waals surface area contributed by atoms with Gasteiger partial charge in [0.15, 0.2) is 0 Å². The predicted octanol–water partition coefficient (Wildman–Crippen LogP) is 4.34. The second-order valence-corrected chi connectivity index (χ2v) is 9.30. The van der Waals surface area contributed by atoms with E-state index in [1.165, 1.54) is 11.1 Å². The Balaban J connectivity index is 1.24. The van der Waals surface area contributed by atoms with Crippen molar-refractivity contribution in [3.8, 4) is 0 Å². The summed E-state index contributed by atoms with van der Waals surface area (Å²) in [5, 5.41) is 0. The van der Waals surface area contributed by atoms with E-state index >= 15 is 0 Å². The van der Waals surface area contributed by atoms with E-state index in [1.807, 2.05) is 17.9 Å². The van der Waals surface area contributed by atoms with E-state index in [0.717, 1.165) is 68.2 Å². The lowest BCUT2D eigenvalue weighted by molar-refractivity contribution is -0.117. The summed E-state index contributed by atoms with van der Waals surface area (Å²) in [6, 6.07) is 21.1. The van der Waals surface area contributed by atoms with Crippen LogP contribution in [0.3, 0.4) is 0 Å². The van der Waals surface area contributed by atoms with Crippen LogP contribution in [0, 0.1) is 6.92 Å². The molecule has 1 saturated heterocycles. The van der Waals surface area contributed by atoms with Crippen LogP contribution in [0.25, 0.3) is 0 Å². The fourth-order valence-electron chi connectivity index (χ4n) is 5.07. The summed E-state index contributed by atoms with van der Waals surface area (Å²) in [5.74, 6) is 2.27. The highest BCUT2D eigenvalue weighted by Crippen LogP contribution is 2.33. The van der Waals surface area contributed by atoms with E-state index in [-0.39, 0.29) is 5.91 Å². The molecule has 0 unspecified atom stereocenters. The maximum absolute atomic E-state index is 12.8. The third-order valence-electron chi connectivity index (χ3n) is 6.98. The van der Waals surface area contributed by atoms with Crippen molar-refractivity contribution in [1.29, 1.82) is 0 Å². The van der Waals surface area contributed by atoms with E-state index in [1.54, 1.807) is 0 Å². The highest BCUT2D eigenvalue weighted by atomic mass is 16.2. The Bertz CT molecular complexity index is 1100. The molecule has 5 rings (SSSR count). The second-order valence-electron chi connectivity index (χ2n) is 9.30. The van der Waals surface area contributed by atoms with E-state index in [0.29, 0.717) is 18.9 Å². The molecule has 5 heteroatoms. The summed E-state index contributed by atoms with van der Waals surface area (Å²) >= 11 is 0. The topological polar surface area (TPSA) is 49.3 Å².